The number of carboxylic acid groups (broad SMARTS) is 1. The van der Waals surface area contributed by atoms with Crippen molar-refractivity contribution in [1.82, 2.24) is 4.90 Å². The molecular formula is C13H20N2O5. The number of carboxylic acids is 1. The van der Waals surface area contributed by atoms with Gasteiger partial charge in [-0.25, -0.2) is 4.79 Å². The number of hydrogen-bond acceptors (Lipinski definition) is 4. The Hall–Kier alpha value is -1.63. The average Bonchev–Trinajstić information content (AvgIpc) is 2.88. The highest BCUT2D eigenvalue weighted by Crippen LogP contribution is 2.27. The van der Waals surface area contributed by atoms with Crippen LogP contribution in [0.15, 0.2) is 0 Å². The van der Waals surface area contributed by atoms with Gasteiger partial charge in [-0.05, 0) is 32.6 Å². The van der Waals surface area contributed by atoms with Gasteiger partial charge in [-0.3, -0.25) is 9.59 Å². The van der Waals surface area contributed by atoms with Gasteiger partial charge in [0.05, 0.1) is 5.92 Å². The Morgan fingerprint density at radius 3 is 2.35 bits per heavy atom. The number of nitrogens with zero attached hydrogens (tertiary/aromatic N) is 1. The van der Waals surface area contributed by atoms with E-state index in [1.54, 1.807) is 4.90 Å². The number of nitrogens with two attached hydrogens (primary N) is 1. The quantitative estimate of drug-likeness (QED) is 0.741. The summed E-state index contributed by atoms with van der Waals surface area (Å²) in [7, 11) is 0. The molecule has 7 heteroatoms. The third-order valence-electron chi connectivity index (χ3n) is 4.14. The molecule has 2 saturated heterocycles. The van der Waals surface area contributed by atoms with Gasteiger partial charge < -0.3 is 20.5 Å². The van der Waals surface area contributed by atoms with E-state index in [1.807, 2.05) is 6.92 Å². The van der Waals surface area contributed by atoms with Gasteiger partial charge in [0, 0.05) is 12.6 Å². The minimum atomic E-state index is -1.04. The molecule has 3 N–H and O–H groups in total. The molecule has 2 fully saturated rings. The molecule has 0 bridgehead atoms. The number of primary amides is 1. The van der Waals surface area contributed by atoms with Crippen molar-refractivity contribution in [3.63, 3.8) is 0 Å². The van der Waals surface area contributed by atoms with Crippen LogP contribution in [0.1, 0.15) is 32.6 Å². The normalized spacial score (nSPS) is 34.0. The Morgan fingerprint density at radius 2 is 1.80 bits per heavy atom. The lowest BCUT2D eigenvalue weighted by atomic mass is 9.92. The lowest BCUT2D eigenvalue weighted by molar-refractivity contribution is -0.156. The molecule has 0 aromatic carbocycles. The molecule has 2 amide bonds. The van der Waals surface area contributed by atoms with Crippen LogP contribution in [0.25, 0.3) is 0 Å². The number of piperidine rings is 1. The van der Waals surface area contributed by atoms with Gasteiger partial charge in [-0.1, -0.05) is 0 Å². The van der Waals surface area contributed by atoms with Crippen molar-refractivity contribution in [2.45, 2.75) is 50.9 Å². The van der Waals surface area contributed by atoms with Crippen molar-refractivity contribution in [2.75, 3.05) is 6.54 Å². The van der Waals surface area contributed by atoms with E-state index in [1.165, 1.54) is 0 Å². The van der Waals surface area contributed by atoms with Crippen molar-refractivity contribution in [3.8, 4) is 0 Å². The molecule has 0 spiro atoms. The molecule has 4 atom stereocenters. The van der Waals surface area contributed by atoms with Gasteiger partial charge in [-0.15, -0.1) is 0 Å². The zero-order valence-electron chi connectivity index (χ0n) is 11.4. The van der Waals surface area contributed by atoms with Crippen LogP contribution in [-0.4, -0.2) is 52.6 Å². The van der Waals surface area contributed by atoms with Crippen LogP contribution in [-0.2, 0) is 19.1 Å². The van der Waals surface area contributed by atoms with E-state index in [0.29, 0.717) is 32.2 Å². The number of carbonyl (C=O) groups excluding carboxylic acids is 2. The lowest BCUT2D eigenvalue weighted by Crippen LogP contribution is -2.51. The largest absolute Gasteiger partial charge is 0.479 e. The zero-order valence-corrected chi connectivity index (χ0v) is 11.4. The fourth-order valence-electron chi connectivity index (χ4n) is 2.83. The number of likely N-dealkylation sites (tertiary alicyclic amines) is 1. The Morgan fingerprint density at radius 1 is 1.15 bits per heavy atom. The third-order valence-corrected chi connectivity index (χ3v) is 4.14. The SMILES string of the molecule is CC1CCC(C(N)=O)CN1C(=O)C1CCC(C(=O)O)O1. The topological polar surface area (TPSA) is 110 Å². The van der Waals surface area contributed by atoms with E-state index in [-0.39, 0.29) is 17.9 Å². The fraction of sp³-hybridized carbons (Fsp3) is 0.769. The van der Waals surface area contributed by atoms with Gasteiger partial charge in [0.2, 0.25) is 5.91 Å². The maximum Gasteiger partial charge on any atom is 0.332 e. The molecule has 0 aromatic rings. The Kier molecular flexibility index (Phi) is 4.27. The second kappa shape index (κ2) is 5.78. The highest BCUT2D eigenvalue weighted by Gasteiger charge is 2.40. The summed E-state index contributed by atoms with van der Waals surface area (Å²) < 4.78 is 5.27. The first kappa shape index (κ1) is 14.8. The lowest BCUT2D eigenvalue weighted by Gasteiger charge is -2.38. The van der Waals surface area contributed by atoms with Crippen LogP contribution in [0.4, 0.5) is 0 Å². The van der Waals surface area contributed by atoms with Crippen LogP contribution in [0.5, 0.6) is 0 Å². The van der Waals surface area contributed by atoms with E-state index in [4.69, 9.17) is 15.6 Å². The molecule has 0 saturated carbocycles. The second-order valence-electron chi connectivity index (χ2n) is 5.55. The first-order valence-electron chi connectivity index (χ1n) is 6.88. The summed E-state index contributed by atoms with van der Waals surface area (Å²) in [6.07, 6.45) is 0.520. The fourth-order valence-corrected chi connectivity index (χ4v) is 2.83. The Labute approximate surface area is 117 Å². The minimum absolute atomic E-state index is 0.0191. The molecule has 4 unspecified atom stereocenters. The van der Waals surface area contributed by atoms with Crippen LogP contribution in [0, 0.1) is 5.92 Å². The molecule has 2 rings (SSSR count). The van der Waals surface area contributed by atoms with Crippen molar-refractivity contribution in [3.05, 3.63) is 0 Å². The molecule has 2 aliphatic rings. The maximum atomic E-state index is 12.4. The van der Waals surface area contributed by atoms with Gasteiger partial charge >= 0.3 is 5.97 Å². The highest BCUT2D eigenvalue weighted by atomic mass is 16.5. The molecule has 20 heavy (non-hydrogen) atoms. The summed E-state index contributed by atoms with van der Waals surface area (Å²) in [6, 6.07) is 0.0191. The molecule has 0 aromatic heterocycles. The second-order valence-corrected chi connectivity index (χ2v) is 5.55. The maximum absolute atomic E-state index is 12.4. The van der Waals surface area contributed by atoms with E-state index >= 15 is 0 Å². The predicted octanol–water partition coefficient (Wildman–Crippen LogP) is -0.269. The van der Waals surface area contributed by atoms with Crippen LogP contribution in [0.3, 0.4) is 0 Å². The monoisotopic (exact) mass is 284 g/mol. The standard InChI is InChI=1S/C13H20N2O5/c1-7-2-3-8(11(14)16)6-15(7)12(17)9-4-5-10(20-9)13(18)19/h7-10H,2-6H2,1H3,(H2,14,16)(H,18,19). The minimum Gasteiger partial charge on any atom is -0.479 e. The first-order valence-corrected chi connectivity index (χ1v) is 6.88. The summed E-state index contributed by atoms with van der Waals surface area (Å²) in [5, 5.41) is 8.88. The Balaban J connectivity index is 2.00. The van der Waals surface area contributed by atoms with Crippen molar-refractivity contribution in [2.24, 2.45) is 11.7 Å². The number of ether oxygens (including phenoxy) is 1. The number of rotatable bonds is 3. The number of aliphatic carboxylic acids is 1. The summed E-state index contributed by atoms with van der Waals surface area (Å²) in [5.74, 6) is -1.99. The van der Waals surface area contributed by atoms with Gasteiger partial charge in [0.1, 0.15) is 6.10 Å². The predicted molar refractivity (Wildman–Crippen MR) is 68.6 cm³/mol. The molecule has 112 valence electrons. The van der Waals surface area contributed by atoms with Crippen LogP contribution < -0.4 is 5.73 Å². The average molecular weight is 284 g/mol. The molecule has 0 radical (unpaired) electrons. The highest BCUT2D eigenvalue weighted by molar-refractivity contribution is 5.84. The number of hydrogen-bond donors (Lipinski definition) is 2. The zero-order chi connectivity index (χ0) is 14.9. The van der Waals surface area contributed by atoms with E-state index in [2.05, 4.69) is 0 Å². The Bertz CT molecular complexity index is 425. The molecule has 7 nitrogen and oxygen atoms in total. The molecular weight excluding hydrogens is 264 g/mol. The summed E-state index contributed by atoms with van der Waals surface area (Å²) in [5.41, 5.74) is 5.30. The van der Waals surface area contributed by atoms with Gasteiger partial charge in [0.15, 0.2) is 6.10 Å². The number of amides is 2. The molecule has 2 heterocycles. The van der Waals surface area contributed by atoms with E-state index in [0.717, 1.165) is 0 Å². The summed E-state index contributed by atoms with van der Waals surface area (Å²) in [6.45, 7) is 2.21. The smallest absolute Gasteiger partial charge is 0.332 e. The third kappa shape index (κ3) is 2.92. The first-order chi connectivity index (χ1) is 9.40. The summed E-state index contributed by atoms with van der Waals surface area (Å²) in [4.78, 5) is 36.1. The number of carbonyl (C=O) groups is 3. The van der Waals surface area contributed by atoms with Crippen molar-refractivity contribution >= 4 is 17.8 Å². The van der Waals surface area contributed by atoms with Gasteiger partial charge in [0.25, 0.3) is 5.91 Å². The van der Waals surface area contributed by atoms with Gasteiger partial charge in [-0.2, -0.15) is 0 Å². The van der Waals surface area contributed by atoms with Crippen molar-refractivity contribution in [1.29, 1.82) is 0 Å². The van der Waals surface area contributed by atoms with E-state index < -0.39 is 24.1 Å². The molecule has 2 aliphatic heterocycles. The van der Waals surface area contributed by atoms with Crippen molar-refractivity contribution < 1.29 is 24.2 Å². The summed E-state index contributed by atoms with van der Waals surface area (Å²) >= 11 is 0. The molecule has 0 aliphatic carbocycles. The van der Waals surface area contributed by atoms with Crippen LogP contribution in [0.2, 0.25) is 0 Å². The van der Waals surface area contributed by atoms with Crippen LogP contribution >= 0.6 is 0 Å². The van der Waals surface area contributed by atoms with E-state index in [9.17, 15) is 14.4 Å².